The van der Waals surface area contributed by atoms with Gasteiger partial charge < -0.3 is 4.57 Å². The Hall–Kier alpha value is -1.48. The van der Waals surface area contributed by atoms with Gasteiger partial charge >= 0.3 is 0 Å². The predicted molar refractivity (Wildman–Crippen MR) is 104 cm³/mol. The highest BCUT2D eigenvalue weighted by molar-refractivity contribution is 9.11. The number of imidazole rings is 1. The van der Waals surface area contributed by atoms with Crippen LogP contribution in [0.3, 0.4) is 0 Å². The number of benzene rings is 2. The van der Waals surface area contributed by atoms with Crippen LogP contribution in [-0.2, 0) is 10.0 Å². The molecule has 0 spiro atoms. The molecule has 25 heavy (non-hydrogen) atoms. The summed E-state index contributed by atoms with van der Waals surface area (Å²) in [5.74, 6) is 0. The van der Waals surface area contributed by atoms with Gasteiger partial charge in [0, 0.05) is 33.1 Å². The van der Waals surface area contributed by atoms with Gasteiger partial charge in [-0.05, 0) is 58.7 Å². The molecule has 1 heterocycles. The van der Waals surface area contributed by atoms with Gasteiger partial charge in [-0.25, -0.2) is 18.1 Å². The summed E-state index contributed by atoms with van der Waals surface area (Å²) in [6, 6.07) is 12.3. The second kappa shape index (κ2) is 7.41. The first-order valence-corrected chi connectivity index (χ1v) is 10.5. The Labute approximate surface area is 163 Å². The number of hydrogen-bond donors (Lipinski definition) is 1. The average Bonchev–Trinajstić information content (AvgIpc) is 3.11. The number of rotatable bonds is 5. The van der Waals surface area contributed by atoms with E-state index in [0.29, 0.717) is 8.95 Å². The molecule has 0 saturated heterocycles. The van der Waals surface area contributed by atoms with Crippen molar-refractivity contribution >= 4 is 41.9 Å². The normalized spacial score (nSPS) is 12.9. The summed E-state index contributed by atoms with van der Waals surface area (Å²) >= 11 is 6.60. The first-order chi connectivity index (χ1) is 11.9. The summed E-state index contributed by atoms with van der Waals surface area (Å²) in [6.07, 6.45) is 5.28. The summed E-state index contributed by atoms with van der Waals surface area (Å²) in [4.78, 5) is 4.21. The van der Waals surface area contributed by atoms with Crippen molar-refractivity contribution in [3.8, 4) is 5.69 Å². The van der Waals surface area contributed by atoms with E-state index in [1.54, 1.807) is 30.7 Å². The topological polar surface area (TPSA) is 64.0 Å². The minimum absolute atomic E-state index is 0.198. The molecule has 0 aliphatic heterocycles. The van der Waals surface area contributed by atoms with Crippen LogP contribution >= 0.6 is 31.9 Å². The molecule has 0 aliphatic carbocycles. The third-order valence-electron chi connectivity index (χ3n) is 3.71. The van der Waals surface area contributed by atoms with Gasteiger partial charge in [0.1, 0.15) is 0 Å². The van der Waals surface area contributed by atoms with Gasteiger partial charge in [-0.1, -0.05) is 28.1 Å². The lowest BCUT2D eigenvalue weighted by Crippen LogP contribution is -2.27. The molecule has 1 aromatic heterocycles. The minimum Gasteiger partial charge on any atom is -0.306 e. The molecule has 0 saturated carbocycles. The monoisotopic (exact) mass is 483 g/mol. The van der Waals surface area contributed by atoms with Crippen molar-refractivity contribution in [1.29, 1.82) is 0 Å². The first kappa shape index (κ1) is 18.3. The van der Waals surface area contributed by atoms with Crippen molar-refractivity contribution in [3.05, 3.63) is 75.7 Å². The van der Waals surface area contributed by atoms with Crippen molar-refractivity contribution in [2.45, 2.75) is 17.9 Å². The van der Waals surface area contributed by atoms with Crippen LogP contribution in [0.5, 0.6) is 0 Å². The maximum atomic E-state index is 12.7. The van der Waals surface area contributed by atoms with E-state index >= 15 is 0 Å². The summed E-state index contributed by atoms with van der Waals surface area (Å²) in [5, 5.41) is 0. The molecule has 0 aliphatic rings. The van der Waals surface area contributed by atoms with Crippen LogP contribution < -0.4 is 4.72 Å². The van der Waals surface area contributed by atoms with E-state index in [9.17, 15) is 8.42 Å². The van der Waals surface area contributed by atoms with Crippen molar-refractivity contribution < 1.29 is 8.42 Å². The number of hydrogen-bond acceptors (Lipinski definition) is 3. The smallest absolute Gasteiger partial charge is 0.242 e. The van der Waals surface area contributed by atoms with Crippen LogP contribution in [0, 0.1) is 0 Å². The predicted octanol–water partition coefficient (Wildman–Crippen LogP) is 4.44. The lowest BCUT2D eigenvalue weighted by molar-refractivity contribution is 0.566. The maximum Gasteiger partial charge on any atom is 0.242 e. The molecular formula is C17H15Br2N3O2S. The highest BCUT2D eigenvalue weighted by Gasteiger charge is 2.21. The lowest BCUT2D eigenvalue weighted by Gasteiger charge is -2.16. The average molecular weight is 485 g/mol. The Bertz CT molecular complexity index is 972. The van der Waals surface area contributed by atoms with Crippen LogP contribution in [0.4, 0.5) is 0 Å². The Morgan fingerprint density at radius 3 is 2.48 bits per heavy atom. The SMILES string of the molecule is CC(NS(=O)(=O)c1cc(Br)ccc1Br)c1ccc(-n2ccnc2)cc1. The summed E-state index contributed by atoms with van der Waals surface area (Å²) in [6.45, 7) is 1.82. The zero-order valence-corrected chi connectivity index (χ0v) is 17.2. The standard InChI is InChI=1S/C17H15Br2N3O2S/c1-12(13-2-5-15(6-3-13)22-9-8-20-11-22)21-25(23,24)17-10-14(18)4-7-16(17)19/h2-12,21H,1H3. The van der Waals surface area contributed by atoms with Gasteiger partial charge in [-0.3, -0.25) is 0 Å². The van der Waals surface area contributed by atoms with E-state index in [2.05, 4.69) is 41.6 Å². The fourth-order valence-corrected chi connectivity index (χ4v) is 5.13. The van der Waals surface area contributed by atoms with E-state index in [4.69, 9.17) is 0 Å². The highest BCUT2D eigenvalue weighted by atomic mass is 79.9. The van der Waals surface area contributed by atoms with E-state index in [-0.39, 0.29) is 10.9 Å². The van der Waals surface area contributed by atoms with Crippen LogP contribution in [0.25, 0.3) is 5.69 Å². The fraction of sp³-hybridized carbons (Fsp3) is 0.118. The number of nitrogens with zero attached hydrogens (tertiary/aromatic N) is 2. The molecule has 0 radical (unpaired) electrons. The van der Waals surface area contributed by atoms with Crippen LogP contribution in [-0.4, -0.2) is 18.0 Å². The van der Waals surface area contributed by atoms with Gasteiger partial charge in [0.25, 0.3) is 0 Å². The number of halogens is 2. The van der Waals surface area contributed by atoms with E-state index in [1.165, 1.54) is 0 Å². The highest BCUT2D eigenvalue weighted by Crippen LogP contribution is 2.27. The Balaban J connectivity index is 1.81. The Morgan fingerprint density at radius 2 is 1.84 bits per heavy atom. The zero-order valence-electron chi connectivity index (χ0n) is 13.2. The fourth-order valence-electron chi connectivity index (χ4n) is 2.39. The lowest BCUT2D eigenvalue weighted by atomic mass is 10.1. The maximum absolute atomic E-state index is 12.7. The number of sulfonamides is 1. The van der Waals surface area contributed by atoms with E-state index in [0.717, 1.165) is 11.3 Å². The largest absolute Gasteiger partial charge is 0.306 e. The number of nitrogens with one attached hydrogen (secondary N) is 1. The summed E-state index contributed by atoms with van der Waals surface area (Å²) < 4.78 is 31.2. The molecule has 2 aromatic carbocycles. The molecule has 1 atom stereocenters. The summed E-state index contributed by atoms with van der Waals surface area (Å²) in [5.41, 5.74) is 1.84. The van der Waals surface area contributed by atoms with Crippen molar-refractivity contribution in [2.24, 2.45) is 0 Å². The number of aromatic nitrogens is 2. The molecule has 8 heteroatoms. The van der Waals surface area contributed by atoms with Crippen molar-refractivity contribution in [2.75, 3.05) is 0 Å². The van der Waals surface area contributed by atoms with Gasteiger partial charge in [-0.2, -0.15) is 0 Å². The van der Waals surface area contributed by atoms with Gasteiger partial charge in [0.15, 0.2) is 0 Å². The van der Waals surface area contributed by atoms with E-state index in [1.807, 2.05) is 42.0 Å². The molecule has 3 aromatic rings. The molecule has 0 amide bonds. The quantitative estimate of drug-likeness (QED) is 0.582. The molecule has 1 N–H and O–H groups in total. The molecule has 130 valence electrons. The van der Waals surface area contributed by atoms with Gasteiger partial charge in [0.2, 0.25) is 10.0 Å². The van der Waals surface area contributed by atoms with Crippen LogP contribution in [0.1, 0.15) is 18.5 Å². The third-order valence-corrected chi connectivity index (χ3v) is 6.74. The first-order valence-electron chi connectivity index (χ1n) is 7.42. The molecule has 5 nitrogen and oxygen atoms in total. The molecule has 1 unspecified atom stereocenters. The third kappa shape index (κ3) is 4.20. The van der Waals surface area contributed by atoms with Crippen LogP contribution in [0.15, 0.2) is 75.0 Å². The molecular weight excluding hydrogens is 470 g/mol. The second-order valence-corrected chi connectivity index (χ2v) is 8.93. The molecule has 3 rings (SSSR count). The minimum atomic E-state index is -3.66. The van der Waals surface area contributed by atoms with Gasteiger partial charge in [0.05, 0.1) is 11.2 Å². The van der Waals surface area contributed by atoms with Crippen LogP contribution in [0.2, 0.25) is 0 Å². The second-order valence-electron chi connectivity index (χ2n) is 5.48. The summed E-state index contributed by atoms with van der Waals surface area (Å²) in [7, 11) is -3.66. The molecule has 0 fully saturated rings. The van der Waals surface area contributed by atoms with Crippen molar-refractivity contribution in [1.82, 2.24) is 14.3 Å². The Kier molecular flexibility index (Phi) is 5.43. The zero-order chi connectivity index (χ0) is 18.0. The Morgan fingerprint density at radius 1 is 1.12 bits per heavy atom. The van der Waals surface area contributed by atoms with Crippen molar-refractivity contribution in [3.63, 3.8) is 0 Å². The molecule has 0 bridgehead atoms. The van der Waals surface area contributed by atoms with Gasteiger partial charge in [-0.15, -0.1) is 0 Å². The van der Waals surface area contributed by atoms with E-state index < -0.39 is 10.0 Å².